The molecule has 0 fully saturated rings. The number of nitrogens with two attached hydrogens (primary N) is 1. The standard InChI is InChI=1S/C47H39N3O.C45H35N3.C41H33N3/c1-46(2)39-24-18-29(26-38(39)43-37-22-19-30-12-8-9-15-33(30)34(37)23-25-40(43)47(46,3)4)28-49-45(31-13-6-5-7-14-31)50-44(48)32-20-21-36-35-16-10-11-17-41(35)51-42(36)27-32;1-44(2)38-24-21-33(27-37(38)40-36-22-20-29-13-10-11-17-34(29)35(36)23-25-39(40)45(44,3)4)43-47-41(30-14-6-5-7-15-30)46-42(48-43)32-19-18-28-12-8-9-16-31(28)26-32;1-40(2)34-18-12-11-17-32(34)36-31-22-21-26-19-20-29(25-33(26)30(31)23-24-35(36)41(40,3)4)39-43-37(27-13-7-5-8-14-27)42-38(44-39)28-15-9-6-10-16-28/h5-27H,28H2,1-4H3,(H2,48,49,50);5-27H,1-4H3;5-25H,1-4H3. The van der Waals surface area contributed by atoms with Gasteiger partial charge in [-0.15, -0.1) is 0 Å². The van der Waals surface area contributed by atoms with Crippen LogP contribution < -0.4 is 5.73 Å². The van der Waals surface area contributed by atoms with Crippen molar-refractivity contribution in [3.63, 3.8) is 0 Å². The van der Waals surface area contributed by atoms with Crippen molar-refractivity contribution in [1.29, 1.82) is 0 Å². The molecule has 690 valence electrons. The van der Waals surface area contributed by atoms with Crippen molar-refractivity contribution in [2.24, 2.45) is 15.7 Å². The van der Waals surface area contributed by atoms with Crippen LogP contribution in [0.2, 0.25) is 0 Å². The zero-order valence-corrected chi connectivity index (χ0v) is 82.5. The van der Waals surface area contributed by atoms with Crippen LogP contribution in [-0.4, -0.2) is 41.6 Å². The van der Waals surface area contributed by atoms with Crippen LogP contribution in [0.5, 0.6) is 0 Å². The molecule has 0 aliphatic heterocycles. The molecule has 2 N–H and O–H groups in total. The molecule has 0 atom stereocenters. The molecule has 0 bridgehead atoms. The van der Waals surface area contributed by atoms with Crippen LogP contribution in [0.4, 0.5) is 0 Å². The Hall–Kier alpha value is -16.8. The minimum atomic E-state index is -0.108. The number of furan rings is 1. The van der Waals surface area contributed by atoms with Gasteiger partial charge < -0.3 is 10.2 Å². The topological polar surface area (TPSA) is 141 Å². The lowest BCUT2D eigenvalue weighted by Crippen LogP contribution is -2.43. The molecule has 26 rings (SSSR count). The van der Waals surface area contributed by atoms with E-state index in [2.05, 4.69) is 350 Å². The van der Waals surface area contributed by atoms with Gasteiger partial charge in [-0.1, -0.05) is 447 Å². The number of fused-ring (bicyclic) bond motifs is 25. The van der Waals surface area contributed by atoms with Gasteiger partial charge in [0.2, 0.25) is 0 Å². The molecule has 0 radical (unpaired) electrons. The third kappa shape index (κ3) is 14.9. The van der Waals surface area contributed by atoms with Crippen molar-refractivity contribution in [3.8, 4) is 102 Å². The highest BCUT2D eigenvalue weighted by atomic mass is 16.3. The van der Waals surface area contributed by atoms with E-state index < -0.39 is 0 Å². The number of aromatic nitrogens is 6. The Morgan fingerprint density at radius 3 is 1.10 bits per heavy atom. The Balaban J connectivity index is 0.000000116. The van der Waals surface area contributed by atoms with Crippen molar-refractivity contribution in [2.45, 2.75) is 122 Å². The maximum Gasteiger partial charge on any atom is 0.164 e. The Kier molecular flexibility index (Phi) is 21.3. The molecule has 20 aromatic carbocycles. The predicted octanol–water partition coefficient (Wildman–Crippen LogP) is 33.5. The Bertz CT molecular complexity index is 9130. The van der Waals surface area contributed by atoms with Crippen molar-refractivity contribution in [1.82, 2.24) is 29.9 Å². The first-order chi connectivity index (χ1) is 69.3. The maximum absolute atomic E-state index is 6.71. The van der Waals surface area contributed by atoms with Gasteiger partial charge in [0.15, 0.2) is 40.8 Å². The molecule has 0 unspecified atom stereocenters. The summed E-state index contributed by atoms with van der Waals surface area (Å²) in [4.78, 5) is 40.2. The number of benzene rings is 20. The second kappa shape index (κ2) is 34.3. The van der Waals surface area contributed by atoms with Gasteiger partial charge in [0.05, 0.1) is 6.54 Å². The molecule has 0 amide bonds. The molecule has 0 saturated carbocycles. The summed E-state index contributed by atoms with van der Waals surface area (Å²) in [6.07, 6.45) is 0. The number of rotatable bonds is 10. The van der Waals surface area contributed by atoms with E-state index in [1.54, 1.807) is 0 Å². The summed E-state index contributed by atoms with van der Waals surface area (Å²) in [6.45, 7) is 29.1. The zero-order chi connectivity index (χ0) is 97.6. The lowest BCUT2D eigenvalue weighted by Gasteiger charge is -2.48. The molecule has 10 nitrogen and oxygen atoms in total. The number of amidine groups is 2. The second-order valence-electron chi connectivity index (χ2n) is 41.8. The molecule has 3 aliphatic rings. The fourth-order valence-electron chi connectivity index (χ4n) is 22.7. The lowest BCUT2D eigenvalue weighted by molar-refractivity contribution is 0.299. The molecule has 10 heteroatoms. The van der Waals surface area contributed by atoms with Gasteiger partial charge in [-0.2, -0.15) is 0 Å². The summed E-state index contributed by atoms with van der Waals surface area (Å²) in [5, 5.41) is 19.6. The van der Waals surface area contributed by atoms with Gasteiger partial charge in [0.25, 0.3) is 0 Å². The van der Waals surface area contributed by atoms with Gasteiger partial charge in [-0.25, -0.2) is 34.9 Å². The van der Waals surface area contributed by atoms with E-state index in [0.29, 0.717) is 53.2 Å². The third-order valence-corrected chi connectivity index (χ3v) is 32.7. The summed E-state index contributed by atoms with van der Waals surface area (Å²) < 4.78 is 6.14. The molecule has 0 spiro atoms. The SMILES string of the molecule is CC1(C)c2ccc(-c3nc(-c4ccccc4)nc(-c4ccc5ccccc5c4)n3)cc2-c2c(ccc3c2ccc2ccccc23)C1(C)C.CC1(C)c2ccc(CN=C(N=C(N)c3ccc4c(c3)oc3ccccc34)c3ccccc3)cc2-c2c(ccc3c2ccc2ccccc23)C1(C)C.CC1(C)c2ccccc2-c2c(ccc3c2ccc2ccc(-c4nc(-c5ccccc5)nc(-c5ccccc5)n4)cc23)C1(C)C. The number of nitrogens with zero attached hydrogens (tertiary/aromatic N) is 8. The molecule has 143 heavy (non-hydrogen) atoms. The lowest BCUT2D eigenvalue weighted by atomic mass is 9.55. The minimum Gasteiger partial charge on any atom is -0.456 e. The van der Waals surface area contributed by atoms with Gasteiger partial charge in [-0.3, -0.25) is 4.99 Å². The maximum atomic E-state index is 6.71. The first-order valence-corrected chi connectivity index (χ1v) is 49.7. The Morgan fingerprint density at radius 2 is 0.573 bits per heavy atom. The minimum absolute atomic E-state index is 0.000106. The van der Waals surface area contributed by atoms with E-state index in [1.807, 2.05) is 140 Å². The van der Waals surface area contributed by atoms with Crippen molar-refractivity contribution >= 4 is 109 Å². The van der Waals surface area contributed by atoms with Crippen molar-refractivity contribution < 1.29 is 4.42 Å². The van der Waals surface area contributed by atoms with E-state index >= 15 is 0 Å². The normalized spacial score (nSPS) is 14.9. The van der Waals surface area contributed by atoms with Crippen LogP contribution in [0.15, 0.2) is 421 Å². The first kappa shape index (κ1) is 88.8. The van der Waals surface area contributed by atoms with Gasteiger partial charge in [-0.05, 0) is 223 Å². The summed E-state index contributed by atoms with van der Waals surface area (Å²) in [6, 6.07) is 144. The zero-order valence-electron chi connectivity index (χ0n) is 82.5. The molecule has 3 aromatic heterocycles. The molecular weight excluding hydrogens is 1740 g/mol. The van der Waals surface area contributed by atoms with Crippen molar-refractivity contribution in [2.75, 3.05) is 0 Å². The third-order valence-electron chi connectivity index (χ3n) is 32.7. The molecule has 3 aliphatic carbocycles. The summed E-state index contributed by atoms with van der Waals surface area (Å²) in [5.74, 6) is 5.00. The second-order valence-corrected chi connectivity index (χ2v) is 41.8. The van der Waals surface area contributed by atoms with E-state index in [4.69, 9.17) is 50.0 Å². The van der Waals surface area contributed by atoms with E-state index in [0.717, 1.165) is 77.4 Å². The van der Waals surface area contributed by atoms with Crippen LogP contribution in [0, 0.1) is 0 Å². The average molecular weight is 1850 g/mol. The van der Waals surface area contributed by atoms with E-state index in [9.17, 15) is 0 Å². The van der Waals surface area contributed by atoms with Gasteiger partial charge in [0, 0.05) is 55.3 Å². The van der Waals surface area contributed by atoms with E-state index in [1.165, 1.54) is 137 Å². The highest BCUT2D eigenvalue weighted by Gasteiger charge is 2.50. The monoisotopic (exact) mass is 1850 g/mol. The van der Waals surface area contributed by atoms with E-state index in [-0.39, 0.29) is 32.5 Å². The number of para-hydroxylation sites is 1. The highest BCUT2D eigenvalue weighted by Crippen LogP contribution is 2.60. The predicted molar refractivity (Wildman–Crippen MR) is 597 cm³/mol. The van der Waals surface area contributed by atoms with Crippen LogP contribution in [-0.2, 0) is 39.0 Å². The van der Waals surface area contributed by atoms with Crippen LogP contribution in [0.1, 0.15) is 133 Å². The molecular formula is C133H107N9O. The summed E-state index contributed by atoms with van der Waals surface area (Å²) in [7, 11) is 0. The molecule has 3 heterocycles. The number of hydrogen-bond donors (Lipinski definition) is 1. The smallest absolute Gasteiger partial charge is 0.164 e. The van der Waals surface area contributed by atoms with Crippen LogP contribution in [0.25, 0.3) is 199 Å². The van der Waals surface area contributed by atoms with Crippen LogP contribution in [0.3, 0.4) is 0 Å². The number of aliphatic imine (C=N–C) groups is 2. The summed E-state index contributed by atoms with van der Waals surface area (Å²) >= 11 is 0. The summed E-state index contributed by atoms with van der Waals surface area (Å²) in [5.41, 5.74) is 32.7. The average Bonchev–Trinajstić information content (AvgIpc) is 1.59. The van der Waals surface area contributed by atoms with Crippen LogP contribution >= 0.6 is 0 Å². The van der Waals surface area contributed by atoms with Crippen molar-refractivity contribution in [3.05, 3.63) is 457 Å². The fourth-order valence-corrected chi connectivity index (χ4v) is 22.7. The highest BCUT2D eigenvalue weighted by molar-refractivity contribution is 6.18. The first-order valence-electron chi connectivity index (χ1n) is 49.7. The Morgan fingerprint density at radius 1 is 0.231 bits per heavy atom. The number of hydrogen-bond acceptors (Lipinski definition) is 8. The largest absolute Gasteiger partial charge is 0.456 e. The quantitative estimate of drug-likeness (QED) is 0.0811. The van der Waals surface area contributed by atoms with Gasteiger partial charge in [0.1, 0.15) is 17.0 Å². The van der Waals surface area contributed by atoms with Gasteiger partial charge >= 0.3 is 0 Å². The Labute approximate surface area is 833 Å². The molecule has 23 aromatic rings. The molecule has 0 saturated heterocycles. The fraction of sp³-hybridized carbons (Fsp3) is 0.143.